The number of ether oxygens (including phenoxy) is 2. The molecule has 0 fully saturated rings. The molecule has 2 heterocycles. The van der Waals surface area contributed by atoms with Gasteiger partial charge in [0.15, 0.2) is 11.5 Å². The van der Waals surface area contributed by atoms with Crippen molar-refractivity contribution in [2.24, 2.45) is 5.10 Å². The lowest BCUT2D eigenvalue weighted by Gasteiger charge is -2.11. The second kappa shape index (κ2) is 10.7. The number of carbonyl (C=O) groups is 1. The van der Waals surface area contributed by atoms with Gasteiger partial charge >= 0.3 is 0 Å². The second-order valence-corrected chi connectivity index (χ2v) is 9.63. The van der Waals surface area contributed by atoms with E-state index in [4.69, 9.17) is 9.47 Å². The lowest BCUT2D eigenvalue weighted by atomic mass is 9.97. The molecule has 36 heavy (non-hydrogen) atoms. The molecule has 0 spiro atoms. The molecule has 1 aliphatic carbocycles. The van der Waals surface area contributed by atoms with Crippen molar-refractivity contribution in [3.8, 4) is 11.5 Å². The number of fused-ring (bicyclic) bond motifs is 3. The van der Waals surface area contributed by atoms with E-state index in [9.17, 15) is 9.59 Å². The maximum absolute atomic E-state index is 13.0. The Kier molecular flexibility index (Phi) is 7.08. The summed E-state index contributed by atoms with van der Waals surface area (Å²) in [4.78, 5) is 31.9. The molecule has 0 aliphatic heterocycles. The molecule has 4 aromatic rings. The Labute approximate surface area is 212 Å². The highest BCUT2D eigenvalue weighted by Crippen LogP contribution is 2.33. The van der Waals surface area contributed by atoms with Crippen LogP contribution in [0, 0.1) is 0 Å². The highest BCUT2D eigenvalue weighted by atomic mass is 32.1. The van der Waals surface area contributed by atoms with E-state index >= 15 is 0 Å². The summed E-state index contributed by atoms with van der Waals surface area (Å²) in [5, 5.41) is 4.70. The number of benzene rings is 2. The second-order valence-electron chi connectivity index (χ2n) is 8.55. The third-order valence-corrected chi connectivity index (χ3v) is 7.28. The molecular weight excluding hydrogens is 476 g/mol. The van der Waals surface area contributed by atoms with Gasteiger partial charge in [-0.1, -0.05) is 30.3 Å². The zero-order chi connectivity index (χ0) is 24.9. The topological polar surface area (TPSA) is 94.8 Å². The summed E-state index contributed by atoms with van der Waals surface area (Å²) in [6, 6.07) is 15.3. The van der Waals surface area contributed by atoms with Crippen molar-refractivity contribution in [2.75, 3.05) is 7.11 Å². The highest BCUT2D eigenvalue weighted by molar-refractivity contribution is 7.18. The number of rotatable bonds is 8. The predicted molar refractivity (Wildman–Crippen MR) is 140 cm³/mol. The molecule has 0 radical (unpaired) electrons. The number of aryl methyl sites for hydroxylation is 2. The van der Waals surface area contributed by atoms with Gasteiger partial charge in [-0.25, -0.2) is 10.4 Å². The van der Waals surface area contributed by atoms with Crippen molar-refractivity contribution in [1.29, 1.82) is 0 Å². The summed E-state index contributed by atoms with van der Waals surface area (Å²) in [7, 11) is 1.57. The van der Waals surface area contributed by atoms with Crippen molar-refractivity contribution in [2.45, 2.75) is 38.8 Å². The van der Waals surface area contributed by atoms with Gasteiger partial charge in [0, 0.05) is 4.88 Å². The average molecular weight is 503 g/mol. The van der Waals surface area contributed by atoms with Gasteiger partial charge < -0.3 is 9.47 Å². The minimum Gasteiger partial charge on any atom is -0.493 e. The molecule has 5 rings (SSSR count). The molecule has 8 nitrogen and oxygen atoms in total. The van der Waals surface area contributed by atoms with Crippen LogP contribution in [-0.2, 0) is 30.8 Å². The summed E-state index contributed by atoms with van der Waals surface area (Å²) in [5.74, 6) is 0.764. The number of hydrogen-bond acceptors (Lipinski definition) is 7. The zero-order valence-corrected chi connectivity index (χ0v) is 20.7. The molecule has 0 saturated carbocycles. The predicted octanol–water partition coefficient (Wildman–Crippen LogP) is 4.07. The van der Waals surface area contributed by atoms with Crippen LogP contribution in [0.4, 0.5) is 0 Å². The molecule has 1 amide bonds. The first kappa shape index (κ1) is 23.7. The largest absolute Gasteiger partial charge is 0.493 e. The Balaban J connectivity index is 1.22. The minimum atomic E-state index is -0.409. The van der Waals surface area contributed by atoms with Crippen LogP contribution >= 0.6 is 11.3 Å². The highest BCUT2D eigenvalue weighted by Gasteiger charge is 2.20. The Morgan fingerprint density at radius 2 is 2.00 bits per heavy atom. The first-order chi connectivity index (χ1) is 17.6. The molecule has 1 N–H and O–H groups in total. The molecule has 184 valence electrons. The Morgan fingerprint density at radius 1 is 1.17 bits per heavy atom. The fourth-order valence-electron chi connectivity index (χ4n) is 4.28. The molecular formula is C27H26N4O4S. The van der Waals surface area contributed by atoms with Gasteiger partial charge in [-0.2, -0.15) is 5.10 Å². The van der Waals surface area contributed by atoms with Gasteiger partial charge in [0.05, 0.1) is 25.0 Å². The van der Waals surface area contributed by atoms with Crippen LogP contribution in [0.5, 0.6) is 11.5 Å². The van der Waals surface area contributed by atoms with Crippen LogP contribution < -0.4 is 20.5 Å². The van der Waals surface area contributed by atoms with Crippen LogP contribution in [0.3, 0.4) is 0 Å². The summed E-state index contributed by atoms with van der Waals surface area (Å²) in [5.41, 5.74) is 5.20. The van der Waals surface area contributed by atoms with Crippen molar-refractivity contribution < 1.29 is 14.3 Å². The molecule has 0 atom stereocenters. The third kappa shape index (κ3) is 5.16. The Morgan fingerprint density at radius 3 is 2.83 bits per heavy atom. The van der Waals surface area contributed by atoms with Crippen LogP contribution in [0.1, 0.15) is 34.4 Å². The fraction of sp³-hybridized carbons (Fsp3) is 0.259. The van der Waals surface area contributed by atoms with E-state index in [1.165, 1.54) is 22.0 Å². The summed E-state index contributed by atoms with van der Waals surface area (Å²) < 4.78 is 12.7. The van der Waals surface area contributed by atoms with Crippen molar-refractivity contribution in [1.82, 2.24) is 15.0 Å². The number of methoxy groups -OCH3 is 1. The Hall–Kier alpha value is -3.98. The third-order valence-electron chi connectivity index (χ3n) is 6.08. The van der Waals surface area contributed by atoms with Crippen LogP contribution in [-0.4, -0.2) is 28.8 Å². The number of carbonyl (C=O) groups excluding carboxylic acids is 1. The summed E-state index contributed by atoms with van der Waals surface area (Å²) in [6.07, 6.45) is 7.06. The molecule has 9 heteroatoms. The van der Waals surface area contributed by atoms with Gasteiger partial charge in [0.2, 0.25) is 0 Å². The number of nitrogens with zero attached hydrogens (tertiary/aromatic N) is 3. The lowest BCUT2D eigenvalue weighted by molar-refractivity contribution is -0.121. The normalized spacial score (nSPS) is 13.0. The molecule has 2 aromatic heterocycles. The number of hydrazone groups is 1. The Bertz CT molecular complexity index is 1480. The van der Waals surface area contributed by atoms with Gasteiger partial charge in [-0.15, -0.1) is 11.3 Å². The number of hydrogen-bond donors (Lipinski definition) is 1. The van der Waals surface area contributed by atoms with Crippen molar-refractivity contribution in [3.63, 3.8) is 0 Å². The van der Waals surface area contributed by atoms with Crippen LogP contribution in [0.25, 0.3) is 10.2 Å². The molecule has 2 aromatic carbocycles. The van der Waals surface area contributed by atoms with Gasteiger partial charge in [0.25, 0.3) is 11.5 Å². The average Bonchev–Trinajstić information content (AvgIpc) is 3.29. The van der Waals surface area contributed by atoms with E-state index in [2.05, 4.69) is 15.5 Å². The van der Waals surface area contributed by atoms with E-state index < -0.39 is 5.91 Å². The van der Waals surface area contributed by atoms with Gasteiger partial charge in [-0.05, 0) is 60.6 Å². The number of amides is 1. The summed E-state index contributed by atoms with van der Waals surface area (Å²) in [6.45, 7) is 0.272. The number of nitrogens with one attached hydrogen (secondary N) is 1. The van der Waals surface area contributed by atoms with Crippen LogP contribution in [0.2, 0.25) is 0 Å². The zero-order valence-electron chi connectivity index (χ0n) is 19.9. The summed E-state index contributed by atoms with van der Waals surface area (Å²) >= 11 is 1.59. The standard InChI is InChI=1S/C27H26N4O4S/c1-34-22-13-19(11-12-21(22)35-16-18-7-3-2-4-8-18)14-29-30-24(32)15-31-17-28-26-25(27(31)33)20-9-5-6-10-23(20)36-26/h2-4,7-8,11-14,17H,5-6,9-10,15-16H2,1H3,(H,30,32). The monoisotopic (exact) mass is 502 g/mol. The van der Waals surface area contributed by atoms with E-state index in [-0.39, 0.29) is 12.1 Å². The molecule has 0 bridgehead atoms. The minimum absolute atomic E-state index is 0.153. The maximum Gasteiger partial charge on any atom is 0.262 e. The first-order valence-corrected chi connectivity index (χ1v) is 12.6. The first-order valence-electron chi connectivity index (χ1n) is 11.8. The van der Waals surface area contributed by atoms with Crippen LogP contribution in [0.15, 0.2) is 64.8 Å². The quantitative estimate of drug-likeness (QED) is 0.290. The molecule has 0 saturated heterocycles. The van der Waals surface area contributed by atoms with E-state index in [1.807, 2.05) is 36.4 Å². The number of aromatic nitrogens is 2. The SMILES string of the molecule is COc1cc(C=NNC(=O)Cn2cnc3sc4c(c3c2=O)CCCC4)ccc1OCc1ccccc1. The smallest absolute Gasteiger partial charge is 0.262 e. The maximum atomic E-state index is 13.0. The fourth-order valence-corrected chi connectivity index (χ4v) is 5.50. The molecule has 0 unspecified atom stereocenters. The van der Waals surface area contributed by atoms with Crippen molar-refractivity contribution >= 4 is 33.7 Å². The molecule has 1 aliphatic rings. The van der Waals surface area contributed by atoms with E-state index in [0.717, 1.165) is 47.2 Å². The lowest BCUT2D eigenvalue weighted by Crippen LogP contribution is -2.30. The number of thiophene rings is 1. The van der Waals surface area contributed by atoms with Crippen molar-refractivity contribution in [3.05, 3.63) is 86.8 Å². The van der Waals surface area contributed by atoms with E-state index in [0.29, 0.717) is 23.5 Å². The van der Waals surface area contributed by atoms with Gasteiger partial charge in [-0.3, -0.25) is 14.2 Å². The van der Waals surface area contributed by atoms with Gasteiger partial charge in [0.1, 0.15) is 18.0 Å². The van der Waals surface area contributed by atoms with E-state index in [1.54, 1.807) is 30.6 Å².